The molecule has 0 aliphatic carbocycles. The molecule has 0 atom stereocenters. The second kappa shape index (κ2) is 5.96. The third kappa shape index (κ3) is 3.30. The molecular weight excluding hydrogens is 272 g/mol. The second-order valence-electron chi connectivity index (χ2n) is 4.42. The Balaban J connectivity index is 2.21. The molecule has 108 valence electrons. The molecule has 4 N–H and O–H groups in total. The lowest BCUT2D eigenvalue weighted by atomic mass is 10.1. The summed E-state index contributed by atoms with van der Waals surface area (Å²) in [5, 5.41) is 33.1. The molecule has 6 heteroatoms. The molecular formula is C15H14N2O4. The number of hydrogen-bond donors (Lipinski definition) is 4. The zero-order valence-electron chi connectivity index (χ0n) is 11.2. The maximum Gasteiger partial charge on any atom is 0.255 e. The maximum absolute atomic E-state index is 12.0. The minimum Gasteiger partial charge on any atom is -0.504 e. The van der Waals surface area contributed by atoms with E-state index in [1.54, 1.807) is 31.2 Å². The van der Waals surface area contributed by atoms with Gasteiger partial charge in [-0.25, -0.2) is 0 Å². The van der Waals surface area contributed by atoms with Crippen LogP contribution in [-0.4, -0.2) is 27.0 Å². The van der Waals surface area contributed by atoms with Gasteiger partial charge >= 0.3 is 0 Å². The Hall–Kier alpha value is -3.02. The van der Waals surface area contributed by atoms with E-state index in [-0.39, 0.29) is 17.1 Å². The Morgan fingerprint density at radius 1 is 1.05 bits per heavy atom. The molecule has 0 fully saturated rings. The van der Waals surface area contributed by atoms with Gasteiger partial charge in [-0.05, 0) is 37.3 Å². The molecule has 0 aliphatic heterocycles. The van der Waals surface area contributed by atoms with Crippen LogP contribution in [-0.2, 0) is 0 Å². The van der Waals surface area contributed by atoms with Crippen LogP contribution in [0.25, 0.3) is 0 Å². The van der Waals surface area contributed by atoms with E-state index < -0.39 is 5.91 Å². The summed E-state index contributed by atoms with van der Waals surface area (Å²) in [7, 11) is 0. The van der Waals surface area contributed by atoms with E-state index in [0.717, 1.165) is 0 Å². The number of nitrogens with zero attached hydrogens (tertiary/aromatic N) is 1. The number of nitrogens with one attached hydrogen (secondary N) is 1. The van der Waals surface area contributed by atoms with Gasteiger partial charge in [-0.2, -0.15) is 0 Å². The highest BCUT2D eigenvalue weighted by atomic mass is 16.4. The molecule has 2 rings (SSSR count). The SMILES string of the molecule is C/C(=N/O)c1cccc(NC(=O)c2ccc(O)c(O)c2)c1. The van der Waals surface area contributed by atoms with Crippen molar-refractivity contribution in [3.8, 4) is 11.5 Å². The number of amides is 1. The molecule has 0 saturated carbocycles. The molecule has 21 heavy (non-hydrogen) atoms. The van der Waals surface area contributed by atoms with Gasteiger partial charge in [0.15, 0.2) is 11.5 Å². The predicted molar refractivity (Wildman–Crippen MR) is 78.2 cm³/mol. The average molecular weight is 286 g/mol. The molecule has 0 bridgehead atoms. The number of carbonyl (C=O) groups excluding carboxylic acids is 1. The van der Waals surface area contributed by atoms with Crippen molar-refractivity contribution in [2.45, 2.75) is 6.92 Å². The summed E-state index contributed by atoms with van der Waals surface area (Å²) >= 11 is 0. The predicted octanol–water partition coefficient (Wildman–Crippen LogP) is 2.55. The lowest BCUT2D eigenvalue weighted by molar-refractivity contribution is 0.102. The normalized spacial score (nSPS) is 11.2. The molecule has 0 aromatic heterocycles. The van der Waals surface area contributed by atoms with E-state index in [2.05, 4.69) is 10.5 Å². The van der Waals surface area contributed by atoms with Crippen LogP contribution < -0.4 is 5.32 Å². The highest BCUT2D eigenvalue weighted by Crippen LogP contribution is 2.25. The first kappa shape index (κ1) is 14.4. The number of rotatable bonds is 3. The first-order valence-electron chi connectivity index (χ1n) is 6.13. The van der Waals surface area contributed by atoms with Crippen LogP contribution in [0.1, 0.15) is 22.8 Å². The fraction of sp³-hybridized carbons (Fsp3) is 0.0667. The molecule has 2 aromatic rings. The highest BCUT2D eigenvalue weighted by Gasteiger charge is 2.09. The van der Waals surface area contributed by atoms with Crippen LogP contribution in [0.15, 0.2) is 47.6 Å². The summed E-state index contributed by atoms with van der Waals surface area (Å²) < 4.78 is 0. The highest BCUT2D eigenvalue weighted by molar-refractivity contribution is 6.05. The van der Waals surface area contributed by atoms with Gasteiger partial charge in [0.05, 0.1) is 5.71 Å². The first-order valence-corrected chi connectivity index (χ1v) is 6.13. The summed E-state index contributed by atoms with van der Waals surface area (Å²) in [5.41, 5.74) is 1.83. The standard InChI is InChI=1S/C15H14N2O4/c1-9(17-21)10-3-2-4-12(7-10)16-15(20)11-5-6-13(18)14(19)8-11/h2-8,18-19,21H,1H3,(H,16,20)/b17-9-. The summed E-state index contributed by atoms with van der Waals surface area (Å²) in [4.78, 5) is 12.0. The molecule has 0 radical (unpaired) electrons. The Morgan fingerprint density at radius 3 is 2.48 bits per heavy atom. The van der Waals surface area contributed by atoms with Crippen molar-refractivity contribution in [3.05, 3.63) is 53.6 Å². The Morgan fingerprint density at radius 2 is 1.81 bits per heavy atom. The number of benzene rings is 2. The number of phenolic OH excluding ortho intramolecular Hbond substituents is 2. The zero-order chi connectivity index (χ0) is 15.4. The molecule has 2 aromatic carbocycles. The third-order valence-corrected chi connectivity index (χ3v) is 2.93. The van der Waals surface area contributed by atoms with Gasteiger partial charge in [0, 0.05) is 16.8 Å². The largest absolute Gasteiger partial charge is 0.504 e. The van der Waals surface area contributed by atoms with Gasteiger partial charge in [0.25, 0.3) is 5.91 Å². The van der Waals surface area contributed by atoms with E-state index >= 15 is 0 Å². The topological polar surface area (TPSA) is 102 Å². The summed E-state index contributed by atoms with van der Waals surface area (Å²) in [5.74, 6) is -1.08. The molecule has 0 aliphatic rings. The fourth-order valence-corrected chi connectivity index (χ4v) is 1.75. The van der Waals surface area contributed by atoms with Gasteiger partial charge in [-0.3, -0.25) is 4.79 Å². The molecule has 1 amide bonds. The monoisotopic (exact) mass is 286 g/mol. The minimum atomic E-state index is -0.430. The second-order valence-corrected chi connectivity index (χ2v) is 4.42. The van der Waals surface area contributed by atoms with Crippen LogP contribution in [0.2, 0.25) is 0 Å². The lowest BCUT2D eigenvalue weighted by Gasteiger charge is -2.08. The minimum absolute atomic E-state index is 0.211. The van der Waals surface area contributed by atoms with Crippen molar-refractivity contribution in [1.82, 2.24) is 0 Å². The third-order valence-electron chi connectivity index (χ3n) is 2.93. The summed E-state index contributed by atoms with van der Waals surface area (Å²) in [6, 6.07) is 10.6. The number of carbonyl (C=O) groups is 1. The van der Waals surface area contributed by atoms with Crippen molar-refractivity contribution in [3.63, 3.8) is 0 Å². The lowest BCUT2D eigenvalue weighted by Crippen LogP contribution is -2.12. The molecule has 0 unspecified atom stereocenters. The van der Waals surface area contributed by atoms with Crippen molar-refractivity contribution in [1.29, 1.82) is 0 Å². The number of phenols is 2. The molecule has 0 heterocycles. The van der Waals surface area contributed by atoms with E-state index in [9.17, 15) is 15.0 Å². The number of anilines is 1. The van der Waals surface area contributed by atoms with Crippen molar-refractivity contribution >= 4 is 17.3 Å². The van der Waals surface area contributed by atoms with Crippen LogP contribution >= 0.6 is 0 Å². The Kier molecular flexibility index (Phi) is 4.08. The maximum atomic E-state index is 12.0. The van der Waals surface area contributed by atoms with Gasteiger partial charge < -0.3 is 20.7 Å². The fourth-order valence-electron chi connectivity index (χ4n) is 1.75. The van der Waals surface area contributed by atoms with E-state index in [0.29, 0.717) is 17.0 Å². The van der Waals surface area contributed by atoms with E-state index in [4.69, 9.17) is 5.21 Å². The van der Waals surface area contributed by atoms with Crippen LogP contribution in [0.5, 0.6) is 11.5 Å². The van der Waals surface area contributed by atoms with Gasteiger partial charge in [0.2, 0.25) is 0 Å². The van der Waals surface area contributed by atoms with Gasteiger partial charge in [-0.15, -0.1) is 0 Å². The molecule has 0 saturated heterocycles. The number of aromatic hydroxyl groups is 2. The van der Waals surface area contributed by atoms with Crippen LogP contribution in [0.3, 0.4) is 0 Å². The van der Waals surface area contributed by atoms with E-state index in [1.165, 1.54) is 18.2 Å². The van der Waals surface area contributed by atoms with E-state index in [1.807, 2.05) is 0 Å². The van der Waals surface area contributed by atoms with Crippen LogP contribution in [0.4, 0.5) is 5.69 Å². The van der Waals surface area contributed by atoms with Crippen LogP contribution in [0, 0.1) is 0 Å². The quantitative estimate of drug-likeness (QED) is 0.301. The van der Waals surface area contributed by atoms with Crippen molar-refractivity contribution in [2.75, 3.05) is 5.32 Å². The molecule has 6 nitrogen and oxygen atoms in total. The number of oxime groups is 1. The van der Waals surface area contributed by atoms with Crippen molar-refractivity contribution in [2.24, 2.45) is 5.16 Å². The average Bonchev–Trinajstić information content (AvgIpc) is 2.49. The smallest absolute Gasteiger partial charge is 0.255 e. The zero-order valence-corrected chi connectivity index (χ0v) is 11.2. The molecule has 0 spiro atoms. The number of hydrogen-bond acceptors (Lipinski definition) is 5. The first-order chi connectivity index (χ1) is 10.0. The van der Waals surface area contributed by atoms with Gasteiger partial charge in [0.1, 0.15) is 0 Å². The summed E-state index contributed by atoms with van der Waals surface area (Å²) in [6.07, 6.45) is 0. The van der Waals surface area contributed by atoms with Crippen molar-refractivity contribution < 1.29 is 20.2 Å². The Labute approximate surface area is 121 Å². The summed E-state index contributed by atoms with van der Waals surface area (Å²) in [6.45, 7) is 1.64. The Bertz CT molecular complexity index is 711. The van der Waals surface area contributed by atoms with Gasteiger partial charge in [-0.1, -0.05) is 17.3 Å².